The highest BCUT2D eigenvalue weighted by molar-refractivity contribution is 5.77. The molecule has 4 aromatic rings. The number of rotatable bonds is 28. The van der Waals surface area contributed by atoms with E-state index in [-0.39, 0.29) is 214 Å². The van der Waals surface area contributed by atoms with Gasteiger partial charge in [0.1, 0.15) is 48.6 Å². The van der Waals surface area contributed by atoms with Crippen LogP contribution >= 0.6 is 0 Å². The van der Waals surface area contributed by atoms with Crippen LogP contribution in [0.3, 0.4) is 0 Å². The van der Waals surface area contributed by atoms with Crippen LogP contribution in [-0.4, -0.2) is 201 Å². The second kappa shape index (κ2) is 43.9. The van der Waals surface area contributed by atoms with E-state index >= 15 is 0 Å². The van der Waals surface area contributed by atoms with Crippen molar-refractivity contribution in [1.29, 1.82) is 0 Å². The first-order chi connectivity index (χ1) is 68.6. The first kappa shape index (κ1) is 62.0. The topological polar surface area (TPSA) is 296 Å². The van der Waals surface area contributed by atoms with Gasteiger partial charge in [-0.3, -0.25) is 38.8 Å². The fraction of sp³-hybridized carbons (Fsp3) is 0.708. The molecule has 0 aliphatic carbocycles. The van der Waals surface area contributed by atoms with E-state index in [1.165, 1.54) is 63.4 Å². The van der Waals surface area contributed by atoms with Crippen LogP contribution in [0.4, 0.5) is 0 Å². The lowest BCUT2D eigenvalue weighted by Crippen LogP contribution is -2.51. The fourth-order valence-electron chi connectivity index (χ4n) is 16.2. The van der Waals surface area contributed by atoms with Crippen LogP contribution in [-0.2, 0) is 63.6 Å². The zero-order chi connectivity index (χ0) is 114. The monoisotopic (exact) mass is 1700 g/mol. The Labute approximate surface area is 760 Å². The highest BCUT2D eigenvalue weighted by Crippen LogP contribution is 2.50. The molecule has 16 atom stereocenters. The van der Waals surface area contributed by atoms with E-state index < -0.39 is 198 Å². The maximum absolute atomic E-state index is 12.9. The zero-order valence-electron chi connectivity index (χ0n) is 104. The van der Waals surface area contributed by atoms with Gasteiger partial charge in [0.2, 0.25) is 0 Å². The van der Waals surface area contributed by atoms with E-state index in [0.717, 1.165) is 11.0 Å². The molecule has 0 saturated carbocycles. The fourth-order valence-corrected chi connectivity index (χ4v) is 16.2. The van der Waals surface area contributed by atoms with Gasteiger partial charge in [-0.05, 0) is 191 Å². The summed E-state index contributed by atoms with van der Waals surface area (Å²) in [6, 6.07) is -8.05. The molecule has 0 amide bonds. The first-order valence-electron chi connectivity index (χ1n) is 56.9. The SMILES string of the molecule is [2H]C([2H])([2H])Oc1cc2c(cc1OC)C1([2H])CC([2H])(OC(=O)[C@@H](N)C(C)C)C(CC(C)C)CN1C([2H])([2H])C2([2H])[2H].[2H]c1c(OC)c(OC([2H])([2H])[2H])c([2H])c2c1C1CC(OC(=O)[C@@H](N)C(C)C)C(CC(C)C)CN1C([2H])([2H])C2([2H])[2H].[2H]c1c(OC)c(OC)c([2H])c2c1C1CC(OC(=O)[C@@H](N)C(C)C)C(CC(C)C)CN1C([2H])([2H])C2([2H])[2H].[2H]c1c(OC)c(OC)c([2H])c2c1C1CC(OC(=O)[C@@H](N)C(C)C)C(CC(C)C)CN1C([2H])([2H])C2([2H])[2H]. The second-order valence-electron chi connectivity index (χ2n) is 35.1. The van der Waals surface area contributed by atoms with Gasteiger partial charge in [-0.2, -0.15) is 0 Å². The summed E-state index contributed by atoms with van der Waals surface area (Å²) in [5.74, 6) is -5.90. The summed E-state index contributed by atoms with van der Waals surface area (Å²) in [4.78, 5) is 56.7. The molecule has 0 aromatic heterocycles. The molecule has 120 heavy (non-hydrogen) atoms. The van der Waals surface area contributed by atoms with Gasteiger partial charge in [0, 0.05) is 148 Å². The van der Waals surface area contributed by atoms with Crippen molar-refractivity contribution in [3.8, 4) is 46.0 Å². The number of hydrogen-bond donors (Lipinski definition) is 4. The van der Waals surface area contributed by atoms with Gasteiger partial charge >= 0.3 is 23.9 Å². The normalized spacial score (nSPS) is 33.4. The second-order valence-corrected chi connectivity index (χ2v) is 35.1. The van der Waals surface area contributed by atoms with Crippen LogP contribution in [0.25, 0.3) is 0 Å². The maximum Gasteiger partial charge on any atom is 0.323 e. The smallest absolute Gasteiger partial charge is 0.323 e. The highest BCUT2D eigenvalue weighted by atomic mass is 16.6. The number of methoxy groups -OCH3 is 8. The zero-order valence-corrected chi connectivity index (χ0v) is 74.0. The molecule has 8 heterocycles. The number of piperidine rings is 4. The lowest BCUT2D eigenvalue weighted by Gasteiger charge is -2.47. The van der Waals surface area contributed by atoms with Gasteiger partial charge in [-0.1, -0.05) is 111 Å². The number of nitrogens with zero attached hydrogens (tertiary/aromatic N) is 4. The summed E-state index contributed by atoms with van der Waals surface area (Å²) >= 11 is 0. The summed E-state index contributed by atoms with van der Waals surface area (Å²) in [6.07, 6.45) is -12.7. The summed E-state index contributed by atoms with van der Waals surface area (Å²) in [6.45, 7) is 19.8. The van der Waals surface area contributed by atoms with Crippen molar-refractivity contribution in [3.05, 3.63) is 92.9 Å². The molecule has 8 aliphatic rings. The molecule has 672 valence electrons. The Kier molecular flexibility index (Phi) is 22.7. The lowest BCUT2D eigenvalue weighted by atomic mass is 9.79. The van der Waals surface area contributed by atoms with Crippen LogP contribution in [0, 0.1) is 71.0 Å². The Morgan fingerprint density at radius 1 is 0.367 bits per heavy atom. The molecule has 4 aromatic carbocycles. The van der Waals surface area contributed by atoms with Crippen molar-refractivity contribution >= 4 is 23.9 Å². The summed E-state index contributed by atoms with van der Waals surface area (Å²) in [7, 11) is 1.78. The molecule has 24 nitrogen and oxygen atoms in total. The number of carbonyl (C=O) groups is 4. The number of aryl methyl sites for hydroxylation is 1. The predicted octanol–water partition coefficient (Wildman–Crippen LogP) is 14.3. The van der Waals surface area contributed by atoms with Crippen molar-refractivity contribution in [2.45, 2.75) is 260 Å². The van der Waals surface area contributed by atoms with Crippen molar-refractivity contribution in [2.24, 2.45) is 93.9 Å². The van der Waals surface area contributed by atoms with E-state index in [2.05, 4.69) is 0 Å². The third kappa shape index (κ3) is 23.8. The molecule has 0 bridgehead atoms. The molecule has 12 unspecified atom stereocenters. The van der Waals surface area contributed by atoms with E-state index in [9.17, 15) is 21.9 Å². The lowest BCUT2D eigenvalue weighted by molar-refractivity contribution is -0.161. The minimum absolute atomic E-state index is 0.0147. The maximum atomic E-state index is 12.9. The highest BCUT2D eigenvalue weighted by Gasteiger charge is 2.47. The molecule has 4 fully saturated rings. The Balaban J connectivity index is 0.000000222. The summed E-state index contributed by atoms with van der Waals surface area (Å²) in [5.41, 5.74) is 23.1. The van der Waals surface area contributed by atoms with E-state index in [0.29, 0.717) is 25.7 Å². The average molecular weight is 1700 g/mol. The number of benzene rings is 4. The number of carbonyl (C=O) groups excluding carboxylic acids is 4. The molecule has 8 aliphatic heterocycles. The van der Waals surface area contributed by atoms with Gasteiger partial charge in [-0.25, -0.2) is 0 Å². The van der Waals surface area contributed by atoms with Crippen molar-refractivity contribution in [2.75, 3.05) is 109 Å². The van der Waals surface area contributed by atoms with Crippen LogP contribution in [0.15, 0.2) is 48.4 Å². The van der Waals surface area contributed by atoms with Crippen LogP contribution in [0.5, 0.6) is 46.0 Å². The minimum atomic E-state index is -3.03. The van der Waals surface area contributed by atoms with Gasteiger partial charge in [0.25, 0.3) is 0 Å². The van der Waals surface area contributed by atoms with Crippen LogP contribution in [0.1, 0.15) is 272 Å². The summed E-state index contributed by atoms with van der Waals surface area (Å²) < 4.78 is 323. The quantitative estimate of drug-likeness (QED) is 0.0303. The molecule has 8 N–H and O–H groups in total. The molecule has 0 radical (unpaired) electrons. The van der Waals surface area contributed by atoms with Crippen LogP contribution < -0.4 is 60.8 Å². The molecule has 24 heteroatoms. The molecule has 0 spiro atoms. The number of fused-ring (bicyclic) bond motifs is 12. The van der Waals surface area contributed by atoms with Gasteiger partial charge in [0.15, 0.2) is 46.0 Å². The number of esters is 4. The Morgan fingerprint density at radius 3 is 0.958 bits per heavy atom. The van der Waals surface area contributed by atoms with Gasteiger partial charge < -0.3 is 79.8 Å². The summed E-state index contributed by atoms with van der Waals surface area (Å²) in [5, 5.41) is 0. The van der Waals surface area contributed by atoms with Crippen molar-refractivity contribution in [1.82, 2.24) is 19.6 Å². The standard InChI is InChI=1S/4C24H38N2O4/c4*1-14(2)9-17-13-26-8-7-16-10-21(28-5)22(29-6)11-18(16)19(26)12-20(17)30-24(27)23(25)15(3)4/h4*10-11,14-15,17,19-20,23H,7-9,12-13,25H2,1-6H3/t4*17?,19?,20?,23-/m0000/s1/i5D3,7D2,8D2,19D,20D;5D3,7D2,8D2,10D,11D;2*7D2,8D2,10D,11D. The van der Waals surface area contributed by atoms with Crippen LogP contribution in [0.2, 0.25) is 0 Å². The third-order valence-electron chi connectivity index (χ3n) is 23.0. The molecule has 4 saturated heterocycles. The average Bonchev–Trinajstić information content (AvgIpc) is 0.688. The first-order valence-corrected chi connectivity index (χ1v) is 41.9. The van der Waals surface area contributed by atoms with Gasteiger partial charge in [0.05, 0.1) is 75.9 Å². The Morgan fingerprint density at radius 2 is 0.642 bits per heavy atom. The molecule has 12 rings (SSSR count). The third-order valence-corrected chi connectivity index (χ3v) is 23.0. The molecular weight excluding hydrogens is 1520 g/mol. The van der Waals surface area contributed by atoms with E-state index in [1.54, 1.807) is 27.7 Å². The van der Waals surface area contributed by atoms with Crippen molar-refractivity contribution < 1.29 is 117 Å². The predicted molar refractivity (Wildman–Crippen MR) is 471 cm³/mol. The van der Waals surface area contributed by atoms with Crippen molar-refractivity contribution in [3.63, 3.8) is 0 Å². The van der Waals surface area contributed by atoms with E-state index in [4.69, 9.17) is 118 Å². The number of nitrogens with two attached hydrogens (primary N) is 4. The Bertz CT molecular complexity index is 5350. The Hall–Kier alpha value is -7.16. The number of hydrogen-bond acceptors (Lipinski definition) is 24. The number of ether oxygens (including phenoxy) is 12. The van der Waals surface area contributed by atoms with Gasteiger partial charge in [-0.15, -0.1) is 0 Å². The molecular formula is C96H152N8O16. The minimum Gasteiger partial charge on any atom is -0.493 e. The largest absolute Gasteiger partial charge is 0.493 e. The van der Waals surface area contributed by atoms with E-state index in [1.807, 2.05) is 83.1 Å².